The number of aliphatic hydroxyl groups excluding tert-OH is 1. The van der Waals surface area contributed by atoms with Crippen molar-refractivity contribution in [3.8, 4) is 10.4 Å². The van der Waals surface area contributed by atoms with Crippen molar-refractivity contribution in [1.82, 2.24) is 20.2 Å². The van der Waals surface area contributed by atoms with Crippen LogP contribution in [0.4, 0.5) is 27.8 Å². The van der Waals surface area contributed by atoms with Gasteiger partial charge in [-0.2, -0.15) is 13.2 Å². The van der Waals surface area contributed by atoms with Crippen LogP contribution in [0.2, 0.25) is 0 Å². The van der Waals surface area contributed by atoms with Crippen LogP contribution in [0.1, 0.15) is 85.2 Å². The van der Waals surface area contributed by atoms with Gasteiger partial charge in [0.1, 0.15) is 18.1 Å². The lowest BCUT2D eigenvalue weighted by Crippen LogP contribution is -2.40. The number of halogens is 5. The highest BCUT2D eigenvalue weighted by Gasteiger charge is 2.34. The molecule has 2 aromatic heterocycles. The van der Waals surface area contributed by atoms with Crippen molar-refractivity contribution in [1.29, 1.82) is 0 Å². The fourth-order valence-corrected chi connectivity index (χ4v) is 5.58. The number of hydrogen-bond donors (Lipinski definition) is 3. The third kappa shape index (κ3) is 7.41. The lowest BCUT2D eigenvalue weighted by atomic mass is 10.1. The van der Waals surface area contributed by atoms with Crippen LogP contribution in [0.3, 0.4) is 0 Å². The molecule has 1 saturated heterocycles. The fourth-order valence-electron chi connectivity index (χ4n) is 4.58. The normalized spacial score (nSPS) is 21.1. The third-order valence-corrected chi connectivity index (χ3v) is 7.61. The van der Waals surface area contributed by atoms with Gasteiger partial charge < -0.3 is 20.6 Å². The highest BCUT2D eigenvalue weighted by molar-refractivity contribution is 7.17. The molecule has 1 aliphatic carbocycles. The quantitative estimate of drug-likeness (QED) is 0.380. The minimum absolute atomic E-state index is 0.0219. The second kappa shape index (κ2) is 13.0. The molecule has 3 unspecified atom stereocenters. The predicted octanol–water partition coefficient (Wildman–Crippen LogP) is 5.41. The molecule has 1 aliphatic heterocycles. The first kappa shape index (κ1) is 30.7. The van der Waals surface area contributed by atoms with Crippen LogP contribution in [0.15, 0.2) is 12.3 Å². The first-order valence-corrected chi connectivity index (χ1v) is 13.7. The summed E-state index contributed by atoms with van der Waals surface area (Å²) in [5.41, 5.74) is -1.04. The van der Waals surface area contributed by atoms with E-state index < -0.39 is 54.5 Å². The molecule has 8 nitrogen and oxygen atoms in total. The molecule has 1 saturated carbocycles. The number of nitrogens with one attached hydrogen (secondary N) is 2. The van der Waals surface area contributed by atoms with Crippen LogP contribution in [-0.4, -0.2) is 69.2 Å². The molecular weight excluding hydrogens is 545 g/mol. The molecule has 2 fully saturated rings. The van der Waals surface area contributed by atoms with Crippen molar-refractivity contribution in [3.63, 3.8) is 0 Å². The van der Waals surface area contributed by atoms with Crippen LogP contribution < -0.4 is 10.6 Å². The van der Waals surface area contributed by atoms with Crippen LogP contribution in [0.25, 0.3) is 10.4 Å². The molecule has 0 bridgehead atoms. The number of aromatic nitrogens is 2. The third-order valence-electron chi connectivity index (χ3n) is 6.52. The van der Waals surface area contributed by atoms with Crippen LogP contribution in [0.5, 0.6) is 0 Å². The van der Waals surface area contributed by atoms with Gasteiger partial charge in [-0.05, 0) is 45.1 Å². The zero-order valence-electron chi connectivity index (χ0n) is 21.8. The molecule has 39 heavy (non-hydrogen) atoms. The Morgan fingerprint density at radius 3 is 2.49 bits per heavy atom. The SMILES string of the molecule is CC.CC1CCCN1C(=O)c1nc(C(=O)NC2CCCC2O)sc1-c1cnc(NCC(F)(F)F)cc1C(F)F. The number of amides is 2. The summed E-state index contributed by atoms with van der Waals surface area (Å²) in [5, 5.41) is 14.5. The Balaban J connectivity index is 0.00000205. The average Bonchev–Trinajstić information content (AvgIpc) is 3.63. The maximum atomic E-state index is 14.0. The highest BCUT2D eigenvalue weighted by atomic mass is 32.1. The molecule has 2 amide bonds. The average molecular weight is 578 g/mol. The number of hydrogen-bond acceptors (Lipinski definition) is 7. The predicted molar refractivity (Wildman–Crippen MR) is 137 cm³/mol. The zero-order chi connectivity index (χ0) is 28.9. The largest absolute Gasteiger partial charge is 0.405 e. The van der Waals surface area contributed by atoms with E-state index in [2.05, 4.69) is 15.3 Å². The Labute approximate surface area is 227 Å². The number of aliphatic hydroxyl groups is 1. The van der Waals surface area contributed by atoms with E-state index in [1.807, 2.05) is 26.1 Å². The summed E-state index contributed by atoms with van der Waals surface area (Å²) in [6.45, 7) is 4.82. The Hall–Kier alpha value is -2.87. The Morgan fingerprint density at radius 2 is 1.92 bits per heavy atom. The summed E-state index contributed by atoms with van der Waals surface area (Å²) in [7, 11) is 0. The van der Waals surface area contributed by atoms with Gasteiger partial charge in [-0.1, -0.05) is 13.8 Å². The molecule has 0 spiro atoms. The monoisotopic (exact) mass is 577 g/mol. The van der Waals surface area contributed by atoms with Crippen molar-refractivity contribution < 1.29 is 36.6 Å². The zero-order valence-corrected chi connectivity index (χ0v) is 22.6. The van der Waals surface area contributed by atoms with Crippen LogP contribution in [0, 0.1) is 0 Å². The number of thiazole rings is 1. The Morgan fingerprint density at radius 1 is 1.21 bits per heavy atom. The number of likely N-dealkylation sites (tertiary alicyclic amines) is 1. The van der Waals surface area contributed by atoms with Gasteiger partial charge in [0.05, 0.1) is 17.0 Å². The summed E-state index contributed by atoms with van der Waals surface area (Å²) >= 11 is 0.723. The second-order valence-electron chi connectivity index (χ2n) is 9.19. The van der Waals surface area contributed by atoms with Crippen molar-refractivity contribution in [3.05, 3.63) is 28.5 Å². The number of nitrogens with zero attached hydrogens (tertiary/aromatic N) is 3. The summed E-state index contributed by atoms with van der Waals surface area (Å²) in [5.74, 6) is -1.59. The second-order valence-corrected chi connectivity index (χ2v) is 10.2. The molecule has 14 heteroatoms. The first-order chi connectivity index (χ1) is 18.4. The van der Waals surface area contributed by atoms with Crippen LogP contribution in [-0.2, 0) is 0 Å². The van der Waals surface area contributed by atoms with E-state index in [9.17, 15) is 36.6 Å². The van der Waals surface area contributed by atoms with Gasteiger partial charge in [0.2, 0.25) is 0 Å². The number of alkyl halides is 5. The standard InChI is InChI=1S/C23H26F5N5O3S.C2H6/c1-11-4-3-7-33(11)22(36)17-18(37-21(32-17)20(35)31-14-5-2-6-15(14)34)13-9-29-16(8-12(13)19(24)25)30-10-23(26,27)28;1-2/h8-9,11,14-15,19,34H,2-7,10H2,1H3,(H,29,30)(H,31,35);1-2H3. The summed E-state index contributed by atoms with van der Waals surface area (Å²) in [4.78, 5) is 35.9. The lowest BCUT2D eigenvalue weighted by molar-refractivity contribution is -0.115. The smallest absolute Gasteiger partial charge is 0.391 e. The summed E-state index contributed by atoms with van der Waals surface area (Å²) < 4.78 is 65.8. The van der Waals surface area contributed by atoms with E-state index in [4.69, 9.17) is 0 Å². The number of rotatable bonds is 7. The fraction of sp³-hybridized carbons (Fsp3) is 0.600. The molecule has 0 aromatic carbocycles. The van der Waals surface area contributed by atoms with Gasteiger partial charge >= 0.3 is 6.18 Å². The molecule has 3 heterocycles. The van der Waals surface area contributed by atoms with Gasteiger partial charge in [-0.3, -0.25) is 9.59 Å². The molecule has 216 valence electrons. The lowest BCUT2D eigenvalue weighted by Gasteiger charge is -2.21. The highest BCUT2D eigenvalue weighted by Crippen LogP contribution is 2.39. The van der Waals surface area contributed by atoms with Gasteiger partial charge in [0.25, 0.3) is 18.2 Å². The van der Waals surface area contributed by atoms with Gasteiger partial charge in [0, 0.05) is 29.9 Å². The Kier molecular flexibility index (Phi) is 10.2. The van der Waals surface area contributed by atoms with E-state index in [-0.39, 0.29) is 27.2 Å². The van der Waals surface area contributed by atoms with Crippen molar-refractivity contribution >= 4 is 29.0 Å². The molecule has 0 radical (unpaired) electrons. The number of anilines is 1. The first-order valence-electron chi connectivity index (χ1n) is 12.8. The minimum atomic E-state index is -4.58. The molecular formula is C25H32F5N5O3S. The Bertz CT molecular complexity index is 1160. The van der Waals surface area contributed by atoms with Crippen LogP contribution >= 0.6 is 11.3 Å². The molecule has 2 aliphatic rings. The van der Waals surface area contributed by atoms with Crippen molar-refractivity contribution in [2.75, 3.05) is 18.4 Å². The minimum Gasteiger partial charge on any atom is -0.391 e. The molecule has 2 aromatic rings. The van der Waals surface area contributed by atoms with Gasteiger partial charge in [0.15, 0.2) is 5.01 Å². The summed E-state index contributed by atoms with van der Waals surface area (Å²) in [6.07, 6.45) is -4.12. The van der Waals surface area contributed by atoms with Gasteiger partial charge in [-0.25, -0.2) is 18.7 Å². The van der Waals surface area contributed by atoms with E-state index in [1.54, 1.807) is 4.90 Å². The van der Waals surface area contributed by atoms with E-state index >= 15 is 0 Å². The van der Waals surface area contributed by atoms with Gasteiger partial charge in [-0.15, -0.1) is 11.3 Å². The molecule has 3 N–H and O–H groups in total. The van der Waals surface area contributed by atoms with E-state index in [0.717, 1.165) is 42.9 Å². The number of carbonyl (C=O) groups is 2. The van der Waals surface area contributed by atoms with E-state index in [0.29, 0.717) is 19.4 Å². The number of pyridine rings is 1. The summed E-state index contributed by atoms with van der Waals surface area (Å²) in [6, 6.07) is 0.191. The number of carbonyl (C=O) groups excluding carboxylic acids is 2. The molecule has 3 atom stereocenters. The van der Waals surface area contributed by atoms with E-state index in [1.165, 1.54) is 0 Å². The maximum absolute atomic E-state index is 14.0. The maximum Gasteiger partial charge on any atom is 0.405 e. The van der Waals surface area contributed by atoms with Crippen molar-refractivity contribution in [2.24, 2.45) is 0 Å². The topological polar surface area (TPSA) is 107 Å². The van der Waals surface area contributed by atoms with Crippen molar-refractivity contribution in [2.45, 2.75) is 83.7 Å². The molecule has 4 rings (SSSR count).